The fourth-order valence-electron chi connectivity index (χ4n) is 2.59. The molecule has 0 atom stereocenters. The molecule has 1 aromatic rings. The quantitative estimate of drug-likeness (QED) is 0.786. The number of hydrogen-bond acceptors (Lipinski definition) is 2. The van der Waals surface area contributed by atoms with Crippen molar-refractivity contribution in [3.05, 3.63) is 30.3 Å². The first-order valence-electron chi connectivity index (χ1n) is 6.62. The minimum atomic E-state index is 0.341. The molecule has 0 spiro atoms. The van der Waals surface area contributed by atoms with E-state index in [1.54, 1.807) is 0 Å². The van der Waals surface area contributed by atoms with Gasteiger partial charge in [-0.25, -0.2) is 0 Å². The smallest absolute Gasteiger partial charge is 0.123 e. The van der Waals surface area contributed by atoms with Crippen LogP contribution in [0.15, 0.2) is 30.3 Å². The molecule has 1 aliphatic rings. The maximum absolute atomic E-state index is 10.7. The second kappa shape index (κ2) is 6.43. The van der Waals surface area contributed by atoms with Crippen LogP contribution in [0.2, 0.25) is 0 Å². The minimum absolute atomic E-state index is 0.341. The number of anilines is 1. The zero-order valence-corrected chi connectivity index (χ0v) is 10.3. The summed E-state index contributed by atoms with van der Waals surface area (Å²) in [7, 11) is 0. The van der Waals surface area contributed by atoms with E-state index < -0.39 is 0 Å². The predicted octanol–water partition coefficient (Wildman–Crippen LogP) is 3.49. The average molecular weight is 231 g/mol. The molecule has 1 aliphatic carbocycles. The Morgan fingerprint density at radius 3 is 2.47 bits per heavy atom. The largest absolute Gasteiger partial charge is 0.385 e. The Bertz CT molecular complexity index is 328. The summed E-state index contributed by atoms with van der Waals surface area (Å²) in [6.45, 7) is 1.04. The van der Waals surface area contributed by atoms with Crippen molar-refractivity contribution in [2.45, 2.75) is 32.1 Å². The third kappa shape index (κ3) is 3.88. The highest BCUT2D eigenvalue weighted by Crippen LogP contribution is 2.29. The summed E-state index contributed by atoms with van der Waals surface area (Å²) in [5.74, 6) is 1.15. The molecule has 0 bridgehead atoms. The van der Waals surface area contributed by atoms with E-state index in [1.807, 2.05) is 6.07 Å². The number of para-hydroxylation sites is 1. The van der Waals surface area contributed by atoms with Crippen molar-refractivity contribution in [2.75, 3.05) is 11.9 Å². The van der Waals surface area contributed by atoms with Crippen molar-refractivity contribution in [2.24, 2.45) is 11.8 Å². The molecule has 0 aliphatic heterocycles. The molecule has 0 unspecified atom stereocenters. The lowest BCUT2D eigenvalue weighted by molar-refractivity contribution is -0.112. The highest BCUT2D eigenvalue weighted by Gasteiger charge is 2.19. The first-order chi connectivity index (χ1) is 8.38. The van der Waals surface area contributed by atoms with Gasteiger partial charge in [-0.3, -0.25) is 0 Å². The Morgan fingerprint density at radius 1 is 1.12 bits per heavy atom. The first kappa shape index (κ1) is 12.2. The highest BCUT2D eigenvalue weighted by molar-refractivity contribution is 5.53. The lowest BCUT2D eigenvalue weighted by atomic mass is 9.81. The second-order valence-corrected chi connectivity index (χ2v) is 5.00. The number of carbonyl (C=O) groups is 1. The van der Waals surface area contributed by atoms with Crippen LogP contribution < -0.4 is 5.32 Å². The molecule has 2 heteroatoms. The standard InChI is InChI=1S/C15H21NO/c17-12-14-8-6-13(7-9-14)10-11-16-15-4-2-1-3-5-15/h1-5,12-14,16H,6-11H2. The summed E-state index contributed by atoms with van der Waals surface area (Å²) >= 11 is 0. The van der Waals surface area contributed by atoms with Gasteiger partial charge in [-0.1, -0.05) is 18.2 Å². The van der Waals surface area contributed by atoms with Gasteiger partial charge >= 0.3 is 0 Å². The normalized spacial score (nSPS) is 24.2. The summed E-state index contributed by atoms with van der Waals surface area (Å²) < 4.78 is 0. The SMILES string of the molecule is O=CC1CCC(CCNc2ccccc2)CC1. The number of hydrogen-bond donors (Lipinski definition) is 1. The molecule has 2 nitrogen and oxygen atoms in total. The van der Waals surface area contributed by atoms with Crippen LogP contribution in [-0.2, 0) is 4.79 Å². The maximum Gasteiger partial charge on any atom is 0.123 e. The molecule has 1 fully saturated rings. The summed E-state index contributed by atoms with van der Waals surface area (Å²) in [4.78, 5) is 10.7. The van der Waals surface area contributed by atoms with Gasteiger partial charge < -0.3 is 10.1 Å². The van der Waals surface area contributed by atoms with E-state index >= 15 is 0 Å². The molecule has 1 saturated carbocycles. The van der Waals surface area contributed by atoms with E-state index in [0.29, 0.717) is 5.92 Å². The summed E-state index contributed by atoms with van der Waals surface area (Å²) in [6, 6.07) is 10.3. The fraction of sp³-hybridized carbons (Fsp3) is 0.533. The van der Waals surface area contributed by atoms with Crippen molar-refractivity contribution < 1.29 is 4.79 Å². The topological polar surface area (TPSA) is 29.1 Å². The van der Waals surface area contributed by atoms with Crippen LogP contribution in [-0.4, -0.2) is 12.8 Å². The molecule has 0 aromatic heterocycles. The highest BCUT2D eigenvalue weighted by atomic mass is 16.1. The Labute approximate surface area is 103 Å². The number of carbonyl (C=O) groups excluding carboxylic acids is 1. The van der Waals surface area contributed by atoms with Gasteiger partial charge in [-0.05, 0) is 50.2 Å². The number of rotatable bonds is 5. The van der Waals surface area contributed by atoms with E-state index in [0.717, 1.165) is 31.6 Å². The van der Waals surface area contributed by atoms with Crippen LogP contribution in [0.4, 0.5) is 5.69 Å². The van der Waals surface area contributed by atoms with Crippen LogP contribution in [0.25, 0.3) is 0 Å². The fourth-order valence-corrected chi connectivity index (χ4v) is 2.59. The Hall–Kier alpha value is -1.31. The van der Waals surface area contributed by atoms with Crippen LogP contribution >= 0.6 is 0 Å². The summed E-state index contributed by atoms with van der Waals surface area (Å²) in [6.07, 6.45) is 7.00. The number of aldehydes is 1. The molecule has 92 valence electrons. The average Bonchev–Trinajstić information content (AvgIpc) is 2.41. The number of benzene rings is 1. The van der Waals surface area contributed by atoms with E-state index in [1.165, 1.54) is 24.9 Å². The second-order valence-electron chi connectivity index (χ2n) is 5.00. The van der Waals surface area contributed by atoms with E-state index in [-0.39, 0.29) is 0 Å². The first-order valence-corrected chi connectivity index (χ1v) is 6.62. The van der Waals surface area contributed by atoms with Crippen LogP contribution in [0, 0.1) is 11.8 Å². The third-order valence-electron chi connectivity index (χ3n) is 3.74. The summed E-state index contributed by atoms with van der Waals surface area (Å²) in [5.41, 5.74) is 1.20. The van der Waals surface area contributed by atoms with Gasteiger partial charge in [-0.2, -0.15) is 0 Å². The van der Waals surface area contributed by atoms with Crippen molar-refractivity contribution in [3.63, 3.8) is 0 Å². The van der Waals surface area contributed by atoms with Crippen LogP contribution in [0.5, 0.6) is 0 Å². The van der Waals surface area contributed by atoms with Gasteiger partial charge in [-0.15, -0.1) is 0 Å². The maximum atomic E-state index is 10.7. The molecule has 2 rings (SSSR count). The molecular formula is C15H21NO. The van der Waals surface area contributed by atoms with Crippen molar-refractivity contribution >= 4 is 12.0 Å². The van der Waals surface area contributed by atoms with Crippen LogP contribution in [0.1, 0.15) is 32.1 Å². The Morgan fingerprint density at radius 2 is 1.82 bits per heavy atom. The van der Waals surface area contributed by atoms with Crippen molar-refractivity contribution in [1.82, 2.24) is 0 Å². The number of nitrogens with one attached hydrogen (secondary N) is 1. The Kier molecular flexibility index (Phi) is 4.60. The van der Waals surface area contributed by atoms with E-state index in [9.17, 15) is 4.79 Å². The monoisotopic (exact) mass is 231 g/mol. The molecule has 0 amide bonds. The minimum Gasteiger partial charge on any atom is -0.385 e. The van der Waals surface area contributed by atoms with E-state index in [4.69, 9.17) is 0 Å². The summed E-state index contributed by atoms with van der Waals surface area (Å²) in [5, 5.41) is 3.45. The van der Waals surface area contributed by atoms with Crippen molar-refractivity contribution in [3.8, 4) is 0 Å². The van der Waals surface area contributed by atoms with Gasteiger partial charge in [0.05, 0.1) is 0 Å². The van der Waals surface area contributed by atoms with Gasteiger partial charge in [0.15, 0.2) is 0 Å². The molecule has 17 heavy (non-hydrogen) atoms. The molecule has 1 aromatic carbocycles. The zero-order chi connectivity index (χ0) is 11.9. The van der Waals surface area contributed by atoms with Crippen molar-refractivity contribution in [1.29, 1.82) is 0 Å². The molecular weight excluding hydrogens is 210 g/mol. The Balaban J connectivity index is 1.65. The van der Waals surface area contributed by atoms with Crippen LogP contribution in [0.3, 0.4) is 0 Å². The third-order valence-corrected chi connectivity index (χ3v) is 3.74. The molecule has 1 N–H and O–H groups in total. The van der Waals surface area contributed by atoms with Gasteiger partial charge in [0, 0.05) is 18.2 Å². The van der Waals surface area contributed by atoms with Gasteiger partial charge in [0.2, 0.25) is 0 Å². The van der Waals surface area contributed by atoms with E-state index in [2.05, 4.69) is 29.6 Å². The molecule has 0 saturated heterocycles. The van der Waals surface area contributed by atoms with Gasteiger partial charge in [0.1, 0.15) is 6.29 Å². The van der Waals surface area contributed by atoms with Gasteiger partial charge in [0.25, 0.3) is 0 Å². The molecule has 0 heterocycles. The predicted molar refractivity (Wildman–Crippen MR) is 71.1 cm³/mol. The lowest BCUT2D eigenvalue weighted by Crippen LogP contribution is -2.17. The lowest BCUT2D eigenvalue weighted by Gasteiger charge is -2.25. The zero-order valence-electron chi connectivity index (χ0n) is 10.3. The molecule has 0 radical (unpaired) electrons.